The molecule has 0 unspecified atom stereocenters. The zero-order valence-electron chi connectivity index (χ0n) is 40.8. The summed E-state index contributed by atoms with van der Waals surface area (Å²) in [6, 6.07) is 5.75. The predicted octanol–water partition coefficient (Wildman–Crippen LogP) is 15.4. The standard InChI is InChI=1S/C56H90Si/c1-17-25-53(26-18-2)35-49(9,10)39-33-40-44(54(27-19-3,28-20-4)36-50(40,11)12)47(43(39)53)57-48-45-41(51(13,14)37-55(45,29-21-5)30-22-6)34-42-46(48)56(31-23-7,32-24-8)38-52(42,15)16/h33-34H,17-32,35-38H2,1-16H3. The first-order chi connectivity index (χ1) is 26.7. The second-order valence-electron chi connectivity index (χ2n) is 23.7. The normalized spacial score (nSPS) is 23.0. The minimum absolute atomic E-state index is 0.192. The third kappa shape index (κ3) is 7.05. The van der Waals surface area contributed by atoms with Gasteiger partial charge in [-0.05, 0) is 165 Å². The van der Waals surface area contributed by atoms with Crippen LogP contribution in [0.1, 0.15) is 284 Å². The SMILES string of the molecule is CCCC1(CCC)CC(C)(C)c2cc3c(c([Si]c4c5c(cc6c4C(CCC)(CCC)CC6(C)C)C(C)(C)CC5(CCC)CCC)c21)C(CCC)(CCC)CC3(C)C. The van der Waals surface area contributed by atoms with E-state index in [1.807, 2.05) is 32.6 Å². The quantitative estimate of drug-likeness (QED) is 0.132. The Hall–Kier alpha value is -1.34. The lowest BCUT2D eigenvalue weighted by molar-refractivity contribution is 0.298. The van der Waals surface area contributed by atoms with Crippen molar-refractivity contribution in [1.82, 2.24) is 0 Å². The molecule has 0 bridgehead atoms. The van der Waals surface area contributed by atoms with Crippen molar-refractivity contribution in [3.8, 4) is 0 Å². The molecule has 4 aliphatic carbocycles. The van der Waals surface area contributed by atoms with Crippen molar-refractivity contribution in [2.75, 3.05) is 0 Å². The van der Waals surface area contributed by atoms with Gasteiger partial charge in [-0.15, -0.1) is 0 Å². The van der Waals surface area contributed by atoms with E-state index in [0.29, 0.717) is 0 Å². The molecule has 0 amide bonds. The summed E-state index contributed by atoms with van der Waals surface area (Å²) < 4.78 is 0. The molecule has 0 saturated heterocycles. The molecule has 0 aliphatic heterocycles. The molecule has 0 nitrogen and oxygen atoms in total. The van der Waals surface area contributed by atoms with Crippen LogP contribution < -0.4 is 10.4 Å². The lowest BCUT2D eigenvalue weighted by Crippen LogP contribution is -2.47. The Labute approximate surface area is 357 Å². The van der Waals surface area contributed by atoms with Gasteiger partial charge in [-0.1, -0.05) is 185 Å². The molecule has 1 heteroatoms. The monoisotopic (exact) mass is 791 g/mol. The van der Waals surface area contributed by atoms with E-state index in [-0.39, 0.29) is 43.3 Å². The molecule has 2 radical (unpaired) electrons. The van der Waals surface area contributed by atoms with Crippen molar-refractivity contribution in [3.05, 3.63) is 56.6 Å². The molecule has 0 atom stereocenters. The maximum Gasteiger partial charge on any atom is 0.123 e. The van der Waals surface area contributed by atoms with Crippen molar-refractivity contribution in [1.29, 1.82) is 0 Å². The van der Waals surface area contributed by atoms with Gasteiger partial charge in [0.1, 0.15) is 9.52 Å². The first kappa shape index (κ1) is 45.2. The highest BCUT2D eigenvalue weighted by atomic mass is 28.2. The number of fused-ring (bicyclic) bond motifs is 4. The Morgan fingerprint density at radius 3 is 0.667 bits per heavy atom. The predicted molar refractivity (Wildman–Crippen MR) is 254 cm³/mol. The van der Waals surface area contributed by atoms with Gasteiger partial charge in [0.15, 0.2) is 0 Å². The molecule has 57 heavy (non-hydrogen) atoms. The molecule has 2 aromatic carbocycles. The van der Waals surface area contributed by atoms with Crippen molar-refractivity contribution in [2.45, 2.75) is 283 Å². The van der Waals surface area contributed by atoms with Crippen molar-refractivity contribution < 1.29 is 0 Å². The van der Waals surface area contributed by atoms with E-state index in [2.05, 4.69) is 123 Å². The van der Waals surface area contributed by atoms with Crippen LogP contribution in [-0.2, 0) is 43.3 Å². The first-order valence-corrected chi connectivity index (χ1v) is 26.0. The van der Waals surface area contributed by atoms with E-state index in [4.69, 9.17) is 0 Å². The van der Waals surface area contributed by atoms with Crippen molar-refractivity contribution in [2.24, 2.45) is 0 Å². The van der Waals surface area contributed by atoms with Gasteiger partial charge in [0.2, 0.25) is 0 Å². The van der Waals surface area contributed by atoms with Gasteiger partial charge in [0.05, 0.1) is 0 Å². The fraction of sp³-hybridized carbons (Fsp3) is 0.786. The van der Waals surface area contributed by atoms with Gasteiger partial charge >= 0.3 is 0 Å². The van der Waals surface area contributed by atoms with Gasteiger partial charge in [0, 0.05) is 0 Å². The molecule has 6 rings (SSSR count). The molecule has 4 aliphatic rings. The highest BCUT2D eigenvalue weighted by Crippen LogP contribution is 2.62. The summed E-state index contributed by atoms with van der Waals surface area (Å²) in [5.74, 6) is 0. The average Bonchev–Trinajstić information content (AvgIpc) is 3.65. The first-order valence-electron chi connectivity index (χ1n) is 25.0. The fourth-order valence-electron chi connectivity index (χ4n) is 16.2. The Balaban J connectivity index is 1.88. The van der Waals surface area contributed by atoms with E-state index in [9.17, 15) is 0 Å². The van der Waals surface area contributed by atoms with Crippen LogP contribution >= 0.6 is 0 Å². The topological polar surface area (TPSA) is 0 Å². The highest BCUT2D eigenvalue weighted by molar-refractivity contribution is 6.69. The van der Waals surface area contributed by atoms with Gasteiger partial charge < -0.3 is 0 Å². The average molecular weight is 791 g/mol. The van der Waals surface area contributed by atoms with Crippen LogP contribution in [0.2, 0.25) is 0 Å². The summed E-state index contributed by atoms with van der Waals surface area (Å²) in [7, 11) is 0.752. The lowest BCUT2D eigenvalue weighted by Gasteiger charge is -2.40. The van der Waals surface area contributed by atoms with Gasteiger partial charge in [0.25, 0.3) is 0 Å². The van der Waals surface area contributed by atoms with Crippen LogP contribution in [0.3, 0.4) is 0 Å². The molecule has 0 saturated carbocycles. The fourth-order valence-corrected chi connectivity index (χ4v) is 18.6. The van der Waals surface area contributed by atoms with Gasteiger partial charge in [-0.3, -0.25) is 0 Å². The van der Waals surface area contributed by atoms with Crippen molar-refractivity contribution >= 4 is 19.9 Å². The van der Waals surface area contributed by atoms with Crippen LogP contribution in [0.15, 0.2) is 12.1 Å². The Kier molecular flexibility index (Phi) is 12.6. The molecular weight excluding hydrogens is 701 g/mol. The summed E-state index contributed by atoms with van der Waals surface area (Å²) in [6.45, 7) is 41.1. The van der Waals surface area contributed by atoms with E-state index >= 15 is 0 Å². The summed E-state index contributed by atoms with van der Waals surface area (Å²) in [4.78, 5) is 0. The van der Waals surface area contributed by atoms with Crippen LogP contribution in [0.4, 0.5) is 0 Å². The third-order valence-corrected chi connectivity index (χ3v) is 18.4. The van der Waals surface area contributed by atoms with E-state index < -0.39 is 0 Å². The van der Waals surface area contributed by atoms with Crippen molar-refractivity contribution in [3.63, 3.8) is 0 Å². The summed E-state index contributed by atoms with van der Waals surface area (Å²) in [5, 5.41) is 3.80. The zero-order chi connectivity index (χ0) is 42.0. The second-order valence-corrected chi connectivity index (χ2v) is 24.9. The molecule has 0 N–H and O–H groups in total. The van der Waals surface area contributed by atoms with Crippen LogP contribution in [0, 0.1) is 0 Å². The molecule has 2 aromatic rings. The Morgan fingerprint density at radius 2 is 0.509 bits per heavy atom. The number of benzene rings is 2. The molecule has 318 valence electrons. The van der Waals surface area contributed by atoms with Crippen LogP contribution in [0.25, 0.3) is 0 Å². The summed E-state index contributed by atoms with van der Waals surface area (Å²) in [5.41, 5.74) is 16.4. The molecule has 0 aromatic heterocycles. The third-order valence-electron chi connectivity index (χ3n) is 16.9. The van der Waals surface area contributed by atoms with Crippen LogP contribution in [0.5, 0.6) is 0 Å². The minimum Gasteiger partial charge on any atom is -0.0654 e. The number of hydrogen-bond acceptors (Lipinski definition) is 0. The van der Waals surface area contributed by atoms with E-state index in [0.717, 1.165) is 9.52 Å². The maximum absolute atomic E-state index is 2.88. The maximum atomic E-state index is 2.88. The molecule has 0 spiro atoms. The Morgan fingerprint density at radius 1 is 0.333 bits per heavy atom. The van der Waals surface area contributed by atoms with Crippen LogP contribution in [-0.4, -0.2) is 9.52 Å². The minimum atomic E-state index is 0.192. The summed E-state index contributed by atoms with van der Waals surface area (Å²) >= 11 is 0. The lowest BCUT2D eigenvalue weighted by atomic mass is 9.69. The summed E-state index contributed by atoms with van der Waals surface area (Å²) in [6.07, 6.45) is 26.2. The molecule has 0 fully saturated rings. The highest BCUT2D eigenvalue weighted by Gasteiger charge is 2.57. The number of hydrogen-bond donors (Lipinski definition) is 0. The van der Waals surface area contributed by atoms with Gasteiger partial charge in [-0.25, -0.2) is 0 Å². The smallest absolute Gasteiger partial charge is 0.0654 e. The van der Waals surface area contributed by atoms with E-state index in [1.54, 1.807) is 22.3 Å². The Bertz CT molecular complexity index is 1500. The molecule has 0 heterocycles. The number of rotatable bonds is 18. The van der Waals surface area contributed by atoms with E-state index in [1.165, 1.54) is 128 Å². The van der Waals surface area contributed by atoms with Gasteiger partial charge in [-0.2, -0.15) is 0 Å². The zero-order valence-corrected chi connectivity index (χ0v) is 41.8. The largest absolute Gasteiger partial charge is 0.123 e. The second kappa shape index (κ2) is 15.8. The molecular formula is C56H90Si.